The zero-order valence-corrected chi connectivity index (χ0v) is 14.0. The lowest BCUT2D eigenvalue weighted by molar-refractivity contribution is 0.0914. The van der Waals surface area contributed by atoms with Crippen LogP contribution in [0.3, 0.4) is 0 Å². The molecule has 0 aliphatic heterocycles. The molecule has 0 radical (unpaired) electrons. The summed E-state index contributed by atoms with van der Waals surface area (Å²) in [6.45, 7) is 3.82. The van der Waals surface area contributed by atoms with E-state index >= 15 is 0 Å². The number of aromatic nitrogens is 2. The van der Waals surface area contributed by atoms with Crippen LogP contribution in [0.15, 0.2) is 42.7 Å². The number of aromatic amines is 1. The lowest BCUT2D eigenvalue weighted by Crippen LogP contribution is -2.40. The van der Waals surface area contributed by atoms with Gasteiger partial charge >= 0.3 is 0 Å². The second-order valence-corrected chi connectivity index (χ2v) is 6.46. The third-order valence-corrected chi connectivity index (χ3v) is 4.11. The number of pyridine rings is 1. The second-order valence-electron chi connectivity index (χ2n) is 6.02. The van der Waals surface area contributed by atoms with Gasteiger partial charge in [-0.15, -0.1) is 0 Å². The normalized spacial score (nSPS) is 11.2. The Morgan fingerprint density at radius 1 is 1.33 bits per heavy atom. The summed E-state index contributed by atoms with van der Waals surface area (Å²) in [5.41, 5.74) is 1.99. The van der Waals surface area contributed by atoms with Crippen LogP contribution in [-0.4, -0.2) is 15.9 Å². The van der Waals surface area contributed by atoms with E-state index in [2.05, 4.69) is 21.4 Å². The maximum atomic E-state index is 12.7. The molecule has 0 saturated carbocycles. The first-order valence-electron chi connectivity index (χ1n) is 7.36. The Labute approximate surface area is 144 Å². The van der Waals surface area contributed by atoms with Crippen LogP contribution in [-0.2, 0) is 5.54 Å². The van der Waals surface area contributed by atoms with Crippen molar-refractivity contribution in [1.82, 2.24) is 15.3 Å². The minimum Gasteiger partial charge on any atom is -0.345 e. The van der Waals surface area contributed by atoms with Gasteiger partial charge in [0.25, 0.3) is 5.91 Å². The summed E-state index contributed by atoms with van der Waals surface area (Å²) in [4.78, 5) is 19.8. The monoisotopic (exact) mass is 338 g/mol. The number of fused-ring (bicyclic) bond motifs is 1. The highest BCUT2D eigenvalue weighted by Crippen LogP contribution is 2.24. The molecule has 24 heavy (non-hydrogen) atoms. The van der Waals surface area contributed by atoms with E-state index in [1.54, 1.807) is 24.4 Å². The molecule has 0 fully saturated rings. The number of rotatable bonds is 3. The zero-order chi connectivity index (χ0) is 17.3. The van der Waals surface area contributed by atoms with Crippen molar-refractivity contribution in [3.05, 3.63) is 64.4 Å². The van der Waals surface area contributed by atoms with Gasteiger partial charge < -0.3 is 10.3 Å². The van der Waals surface area contributed by atoms with E-state index in [4.69, 9.17) is 16.9 Å². The van der Waals surface area contributed by atoms with Crippen LogP contribution in [0.2, 0.25) is 5.02 Å². The molecule has 2 N–H and O–H groups in total. The number of halogens is 1. The molecule has 5 nitrogen and oxygen atoms in total. The number of amides is 1. The number of carbonyl (C=O) groups is 1. The Bertz CT molecular complexity index is 951. The van der Waals surface area contributed by atoms with E-state index < -0.39 is 5.54 Å². The SMILES string of the molecule is CC(C)(NC(=O)c1c[nH]c2ncc(Cl)cc12)c1ccc(C#N)cc1. The summed E-state index contributed by atoms with van der Waals surface area (Å²) < 4.78 is 0. The van der Waals surface area contributed by atoms with E-state index in [0.29, 0.717) is 27.2 Å². The highest BCUT2D eigenvalue weighted by molar-refractivity contribution is 6.31. The Hall–Kier alpha value is -2.84. The summed E-state index contributed by atoms with van der Waals surface area (Å²) >= 11 is 5.98. The highest BCUT2D eigenvalue weighted by atomic mass is 35.5. The quantitative estimate of drug-likeness (QED) is 0.763. The van der Waals surface area contributed by atoms with E-state index in [-0.39, 0.29) is 5.91 Å². The standard InChI is InChI=1S/C18H15ClN4O/c1-18(2,12-5-3-11(8-20)4-6-12)23-17(24)15-10-22-16-14(15)7-13(19)9-21-16/h3-7,9-10H,1-2H3,(H,21,22)(H,23,24). The van der Waals surface area contributed by atoms with Crippen molar-refractivity contribution >= 4 is 28.5 Å². The maximum Gasteiger partial charge on any atom is 0.254 e. The van der Waals surface area contributed by atoms with Gasteiger partial charge in [0.15, 0.2) is 0 Å². The van der Waals surface area contributed by atoms with E-state index in [0.717, 1.165) is 5.56 Å². The number of carbonyl (C=O) groups excluding carboxylic acids is 1. The van der Waals surface area contributed by atoms with Crippen molar-refractivity contribution in [2.24, 2.45) is 0 Å². The van der Waals surface area contributed by atoms with Crippen LogP contribution >= 0.6 is 11.6 Å². The van der Waals surface area contributed by atoms with Crippen molar-refractivity contribution in [3.8, 4) is 6.07 Å². The molecular formula is C18H15ClN4O. The molecule has 0 bridgehead atoms. The summed E-state index contributed by atoms with van der Waals surface area (Å²) in [6.07, 6.45) is 3.15. The molecule has 0 unspecified atom stereocenters. The first-order chi connectivity index (χ1) is 11.4. The van der Waals surface area contributed by atoms with Crippen molar-refractivity contribution in [2.75, 3.05) is 0 Å². The van der Waals surface area contributed by atoms with Crippen molar-refractivity contribution in [3.63, 3.8) is 0 Å². The van der Waals surface area contributed by atoms with Gasteiger partial charge in [0.1, 0.15) is 5.65 Å². The number of benzene rings is 1. The first-order valence-corrected chi connectivity index (χ1v) is 7.74. The van der Waals surface area contributed by atoms with Gasteiger partial charge in [0.05, 0.1) is 27.8 Å². The van der Waals surface area contributed by atoms with Gasteiger partial charge in [-0.25, -0.2) is 4.98 Å². The minimum atomic E-state index is -0.597. The summed E-state index contributed by atoms with van der Waals surface area (Å²) in [7, 11) is 0. The largest absolute Gasteiger partial charge is 0.345 e. The smallest absolute Gasteiger partial charge is 0.254 e. The minimum absolute atomic E-state index is 0.223. The van der Waals surface area contributed by atoms with Crippen molar-refractivity contribution < 1.29 is 4.79 Å². The third-order valence-electron chi connectivity index (χ3n) is 3.90. The Balaban J connectivity index is 1.89. The van der Waals surface area contributed by atoms with Crippen LogP contribution in [0, 0.1) is 11.3 Å². The number of nitrogens with one attached hydrogen (secondary N) is 2. The molecule has 0 aliphatic carbocycles. The van der Waals surface area contributed by atoms with Gasteiger partial charge in [0, 0.05) is 17.8 Å². The second kappa shape index (κ2) is 5.99. The van der Waals surface area contributed by atoms with Crippen molar-refractivity contribution in [1.29, 1.82) is 5.26 Å². The lowest BCUT2D eigenvalue weighted by Gasteiger charge is -2.27. The van der Waals surface area contributed by atoms with Gasteiger partial charge in [-0.3, -0.25) is 4.79 Å². The third kappa shape index (κ3) is 2.97. The number of nitrogens with zero attached hydrogens (tertiary/aromatic N) is 2. The number of H-pyrrole nitrogens is 1. The number of hydrogen-bond donors (Lipinski definition) is 2. The fourth-order valence-electron chi connectivity index (χ4n) is 2.55. The molecule has 3 rings (SSSR count). The van der Waals surface area contributed by atoms with E-state index in [1.807, 2.05) is 26.0 Å². The molecule has 2 aromatic heterocycles. The predicted octanol–water partition coefficient (Wildman–Crippen LogP) is 3.75. The average molecular weight is 339 g/mol. The van der Waals surface area contributed by atoms with Crippen LogP contribution in [0.4, 0.5) is 0 Å². The molecule has 6 heteroatoms. The lowest BCUT2D eigenvalue weighted by atomic mass is 9.93. The van der Waals surface area contributed by atoms with Gasteiger partial charge in [-0.1, -0.05) is 23.7 Å². The summed E-state index contributed by atoms with van der Waals surface area (Å²) in [6, 6.07) is 10.9. The maximum absolute atomic E-state index is 12.7. The molecule has 1 amide bonds. The molecule has 0 aliphatic rings. The Morgan fingerprint density at radius 2 is 2.04 bits per heavy atom. The summed E-state index contributed by atoms with van der Waals surface area (Å²) in [5.74, 6) is -0.223. The van der Waals surface area contributed by atoms with Crippen LogP contribution in [0.25, 0.3) is 11.0 Å². The highest BCUT2D eigenvalue weighted by Gasteiger charge is 2.25. The summed E-state index contributed by atoms with van der Waals surface area (Å²) in [5, 5.41) is 13.0. The van der Waals surface area contributed by atoms with Gasteiger partial charge in [0.2, 0.25) is 0 Å². The molecule has 0 spiro atoms. The Morgan fingerprint density at radius 3 is 2.71 bits per heavy atom. The molecule has 120 valence electrons. The fourth-order valence-corrected chi connectivity index (χ4v) is 2.71. The van der Waals surface area contributed by atoms with Crippen molar-refractivity contribution in [2.45, 2.75) is 19.4 Å². The first kappa shape index (κ1) is 16.0. The Kier molecular flexibility index (Phi) is 4.00. The van der Waals surface area contributed by atoms with Gasteiger partial charge in [-0.2, -0.15) is 5.26 Å². The van der Waals surface area contributed by atoms with Crippen LogP contribution in [0.5, 0.6) is 0 Å². The van der Waals surface area contributed by atoms with Crippen LogP contribution < -0.4 is 5.32 Å². The zero-order valence-electron chi connectivity index (χ0n) is 13.2. The van der Waals surface area contributed by atoms with Crippen LogP contribution in [0.1, 0.15) is 35.3 Å². The van der Waals surface area contributed by atoms with E-state index in [9.17, 15) is 4.79 Å². The molecule has 3 aromatic rings. The molecular weight excluding hydrogens is 324 g/mol. The molecule has 0 saturated heterocycles. The fraction of sp³-hybridized carbons (Fsp3) is 0.167. The predicted molar refractivity (Wildman–Crippen MR) is 92.8 cm³/mol. The van der Waals surface area contributed by atoms with E-state index in [1.165, 1.54) is 6.20 Å². The molecule has 0 atom stereocenters. The van der Waals surface area contributed by atoms with Gasteiger partial charge in [-0.05, 0) is 37.6 Å². The number of hydrogen-bond acceptors (Lipinski definition) is 3. The molecule has 1 aromatic carbocycles. The average Bonchev–Trinajstić information content (AvgIpc) is 2.97. The number of nitriles is 1. The topological polar surface area (TPSA) is 81.6 Å². The molecule has 2 heterocycles.